The van der Waals surface area contributed by atoms with Crippen molar-refractivity contribution in [3.8, 4) is 0 Å². The summed E-state index contributed by atoms with van der Waals surface area (Å²) in [6.07, 6.45) is 1.89. The highest BCUT2D eigenvalue weighted by molar-refractivity contribution is 6.11. The molecule has 2 aromatic rings. The molecule has 94 valence electrons. The van der Waals surface area contributed by atoms with E-state index >= 15 is 0 Å². The molecule has 3 heteroatoms. The summed E-state index contributed by atoms with van der Waals surface area (Å²) in [6, 6.07) is 12.2. The molecular weight excluding hydrogens is 241 g/mol. The molecule has 1 aliphatic rings. The number of carbonyl (C=O) groups is 1. The Labute approximate surface area is 110 Å². The van der Waals surface area contributed by atoms with E-state index in [9.17, 15) is 9.18 Å². The molecule has 0 radical (unpaired) electrons. The molecule has 2 aromatic carbocycles. The molecule has 0 fully saturated rings. The Kier molecular flexibility index (Phi) is 2.67. The summed E-state index contributed by atoms with van der Waals surface area (Å²) >= 11 is 0. The molecule has 0 atom stereocenters. The first-order chi connectivity index (χ1) is 9.13. The molecule has 0 saturated carbocycles. The molecule has 2 nitrogen and oxygen atoms in total. The van der Waals surface area contributed by atoms with E-state index in [0.29, 0.717) is 11.3 Å². The predicted octanol–water partition coefficient (Wildman–Crippen LogP) is 3.38. The first kappa shape index (κ1) is 11.7. The third kappa shape index (κ3) is 2.15. The summed E-state index contributed by atoms with van der Waals surface area (Å²) in [6.45, 7) is 2.02. The number of amides is 1. The lowest BCUT2D eigenvalue weighted by Gasteiger charge is -2.01. The Morgan fingerprint density at radius 3 is 2.53 bits per heavy atom. The lowest BCUT2D eigenvalue weighted by molar-refractivity contribution is 0.0980. The van der Waals surface area contributed by atoms with E-state index in [1.165, 1.54) is 17.7 Å². The summed E-state index contributed by atoms with van der Waals surface area (Å²) in [5, 5.41) is 2.77. The van der Waals surface area contributed by atoms with Gasteiger partial charge in [-0.05, 0) is 36.8 Å². The van der Waals surface area contributed by atoms with Crippen molar-refractivity contribution in [2.45, 2.75) is 6.92 Å². The molecule has 19 heavy (non-hydrogen) atoms. The molecule has 0 unspecified atom stereocenters. The molecule has 3 rings (SSSR count). The van der Waals surface area contributed by atoms with Crippen LogP contribution in [-0.2, 0) is 0 Å². The van der Waals surface area contributed by atoms with Crippen molar-refractivity contribution >= 4 is 17.7 Å². The van der Waals surface area contributed by atoms with Gasteiger partial charge in [-0.1, -0.05) is 29.8 Å². The van der Waals surface area contributed by atoms with E-state index < -0.39 is 5.82 Å². The topological polar surface area (TPSA) is 29.1 Å². The number of aryl methyl sites for hydroxylation is 1. The summed E-state index contributed by atoms with van der Waals surface area (Å²) < 4.78 is 13.1. The third-order valence-corrected chi connectivity index (χ3v) is 3.15. The Morgan fingerprint density at radius 2 is 1.79 bits per heavy atom. The van der Waals surface area contributed by atoms with Crippen molar-refractivity contribution in [2.24, 2.45) is 0 Å². The van der Waals surface area contributed by atoms with Gasteiger partial charge in [-0.15, -0.1) is 0 Å². The van der Waals surface area contributed by atoms with E-state index in [2.05, 4.69) is 5.32 Å². The molecule has 0 aromatic heterocycles. The van der Waals surface area contributed by atoms with E-state index in [0.717, 1.165) is 11.1 Å². The SMILES string of the molecule is Cc1ccc(/C=C2/NC(=O)c3cc(F)ccc32)cc1. The van der Waals surface area contributed by atoms with Gasteiger partial charge in [0.05, 0.1) is 5.56 Å². The average molecular weight is 253 g/mol. The van der Waals surface area contributed by atoms with Crippen LogP contribution in [0.25, 0.3) is 11.8 Å². The average Bonchev–Trinajstić information content (AvgIpc) is 2.69. The van der Waals surface area contributed by atoms with E-state index in [-0.39, 0.29) is 5.91 Å². The number of hydrogen-bond donors (Lipinski definition) is 1. The van der Waals surface area contributed by atoms with Crippen LogP contribution < -0.4 is 5.32 Å². The molecule has 1 amide bonds. The highest BCUT2D eigenvalue weighted by atomic mass is 19.1. The molecule has 1 aliphatic heterocycles. The fraction of sp³-hybridized carbons (Fsp3) is 0.0625. The van der Waals surface area contributed by atoms with Crippen LogP contribution in [0.2, 0.25) is 0 Å². The second-order valence-corrected chi connectivity index (χ2v) is 4.61. The van der Waals surface area contributed by atoms with Crippen LogP contribution in [-0.4, -0.2) is 5.91 Å². The Morgan fingerprint density at radius 1 is 1.05 bits per heavy atom. The highest BCUT2D eigenvalue weighted by Crippen LogP contribution is 2.26. The van der Waals surface area contributed by atoms with Crippen LogP contribution in [0.1, 0.15) is 27.0 Å². The minimum absolute atomic E-state index is 0.257. The first-order valence-corrected chi connectivity index (χ1v) is 6.03. The molecular formula is C16H12FNO. The molecule has 0 aliphatic carbocycles. The smallest absolute Gasteiger partial charge is 0.256 e. The van der Waals surface area contributed by atoms with E-state index in [1.54, 1.807) is 6.07 Å². The van der Waals surface area contributed by atoms with Crippen molar-refractivity contribution < 1.29 is 9.18 Å². The summed E-state index contributed by atoms with van der Waals surface area (Å²) in [5.74, 6) is -0.654. The van der Waals surface area contributed by atoms with Crippen molar-refractivity contribution in [1.82, 2.24) is 5.32 Å². The molecule has 1 heterocycles. The summed E-state index contributed by atoms with van der Waals surface area (Å²) in [4.78, 5) is 11.8. The van der Waals surface area contributed by atoms with Gasteiger partial charge in [0, 0.05) is 11.3 Å². The van der Waals surface area contributed by atoms with Crippen molar-refractivity contribution in [3.05, 3.63) is 70.5 Å². The zero-order valence-corrected chi connectivity index (χ0v) is 10.4. The van der Waals surface area contributed by atoms with Crippen LogP contribution in [0.15, 0.2) is 42.5 Å². The van der Waals surface area contributed by atoms with E-state index in [4.69, 9.17) is 0 Å². The van der Waals surface area contributed by atoms with Gasteiger partial charge in [0.15, 0.2) is 0 Å². The standard InChI is InChI=1S/C16H12FNO/c1-10-2-4-11(5-3-10)8-15-13-7-6-12(17)9-14(13)16(19)18-15/h2-9H,1H3,(H,18,19)/b15-8+. The van der Waals surface area contributed by atoms with Gasteiger partial charge in [-0.25, -0.2) is 4.39 Å². The van der Waals surface area contributed by atoms with Gasteiger partial charge in [-0.3, -0.25) is 4.79 Å². The van der Waals surface area contributed by atoms with Crippen LogP contribution in [0.3, 0.4) is 0 Å². The Balaban J connectivity index is 2.05. The van der Waals surface area contributed by atoms with Crippen LogP contribution >= 0.6 is 0 Å². The zero-order chi connectivity index (χ0) is 13.4. The summed E-state index contributed by atoms with van der Waals surface area (Å²) in [5.41, 5.74) is 4.02. The fourth-order valence-corrected chi connectivity index (χ4v) is 2.14. The molecule has 0 saturated heterocycles. The van der Waals surface area contributed by atoms with Gasteiger partial charge in [0.1, 0.15) is 5.82 Å². The number of fused-ring (bicyclic) bond motifs is 1. The fourth-order valence-electron chi connectivity index (χ4n) is 2.14. The third-order valence-electron chi connectivity index (χ3n) is 3.15. The number of halogens is 1. The largest absolute Gasteiger partial charge is 0.321 e. The monoisotopic (exact) mass is 253 g/mol. The number of benzene rings is 2. The molecule has 0 bridgehead atoms. The lowest BCUT2D eigenvalue weighted by Crippen LogP contribution is -2.12. The van der Waals surface area contributed by atoms with Crippen LogP contribution in [0.5, 0.6) is 0 Å². The van der Waals surface area contributed by atoms with Crippen LogP contribution in [0, 0.1) is 12.7 Å². The predicted molar refractivity (Wildman–Crippen MR) is 72.9 cm³/mol. The second-order valence-electron chi connectivity index (χ2n) is 4.61. The minimum Gasteiger partial charge on any atom is -0.321 e. The maximum atomic E-state index is 13.1. The Bertz CT molecular complexity index is 686. The van der Waals surface area contributed by atoms with Gasteiger partial charge in [0.2, 0.25) is 0 Å². The number of hydrogen-bond acceptors (Lipinski definition) is 1. The van der Waals surface area contributed by atoms with Gasteiger partial charge >= 0.3 is 0 Å². The first-order valence-electron chi connectivity index (χ1n) is 6.03. The van der Waals surface area contributed by atoms with Gasteiger partial charge < -0.3 is 5.32 Å². The zero-order valence-electron chi connectivity index (χ0n) is 10.4. The number of rotatable bonds is 1. The minimum atomic E-state index is -0.398. The number of carbonyl (C=O) groups excluding carboxylic acids is 1. The Hall–Kier alpha value is -2.42. The van der Waals surface area contributed by atoms with Crippen LogP contribution in [0.4, 0.5) is 4.39 Å². The second kappa shape index (κ2) is 4.35. The molecule has 0 spiro atoms. The van der Waals surface area contributed by atoms with Gasteiger partial charge in [-0.2, -0.15) is 0 Å². The van der Waals surface area contributed by atoms with Gasteiger partial charge in [0.25, 0.3) is 5.91 Å². The normalized spacial score (nSPS) is 15.5. The summed E-state index contributed by atoms with van der Waals surface area (Å²) in [7, 11) is 0. The maximum absolute atomic E-state index is 13.1. The van der Waals surface area contributed by atoms with Crippen molar-refractivity contribution in [1.29, 1.82) is 0 Å². The number of nitrogens with one attached hydrogen (secondary N) is 1. The van der Waals surface area contributed by atoms with Crippen molar-refractivity contribution in [2.75, 3.05) is 0 Å². The quantitative estimate of drug-likeness (QED) is 0.829. The van der Waals surface area contributed by atoms with Crippen molar-refractivity contribution in [3.63, 3.8) is 0 Å². The maximum Gasteiger partial charge on any atom is 0.256 e. The lowest BCUT2D eigenvalue weighted by atomic mass is 10.1. The highest BCUT2D eigenvalue weighted by Gasteiger charge is 2.23. The molecule has 1 N–H and O–H groups in total. The van der Waals surface area contributed by atoms with E-state index in [1.807, 2.05) is 37.3 Å².